The first-order valence-electron chi connectivity index (χ1n) is 8.49. The summed E-state index contributed by atoms with van der Waals surface area (Å²) >= 11 is 1.31. The zero-order chi connectivity index (χ0) is 18.6. The summed E-state index contributed by atoms with van der Waals surface area (Å²) in [4.78, 5) is 12.9. The zero-order valence-electron chi connectivity index (χ0n) is 14.8. The third-order valence-corrected chi connectivity index (χ3v) is 4.99. The lowest BCUT2D eigenvalue weighted by Gasteiger charge is -2.10. The van der Waals surface area contributed by atoms with E-state index in [0.717, 1.165) is 21.5 Å². The second-order valence-electron chi connectivity index (χ2n) is 6.05. The fraction of sp³-hybridized carbons (Fsp3) is 0.150. The summed E-state index contributed by atoms with van der Waals surface area (Å²) in [6, 6.07) is 20.0. The number of hydrogen-bond acceptors (Lipinski definition) is 5. The molecule has 0 bridgehead atoms. The third kappa shape index (κ3) is 3.74. The average Bonchev–Trinajstić information content (AvgIpc) is 3.28. The number of carbonyl (C=O) groups is 1. The number of ether oxygens (including phenoxy) is 1. The van der Waals surface area contributed by atoms with Gasteiger partial charge in [0.25, 0.3) is 5.91 Å². The molecule has 0 saturated heterocycles. The van der Waals surface area contributed by atoms with E-state index in [4.69, 9.17) is 4.74 Å². The van der Waals surface area contributed by atoms with Gasteiger partial charge >= 0.3 is 0 Å². The van der Waals surface area contributed by atoms with Crippen molar-refractivity contribution in [1.29, 1.82) is 0 Å². The van der Waals surface area contributed by atoms with Crippen LogP contribution in [-0.2, 0) is 17.9 Å². The SMILES string of the molecule is COCc1nnc(NC(=O)c2cc3ccccc3n2Cc2ccccc2)s1. The Bertz CT molecular complexity index is 1070. The number of hydrogen-bond donors (Lipinski definition) is 1. The molecule has 136 valence electrons. The van der Waals surface area contributed by atoms with Crippen LogP contribution in [0.25, 0.3) is 10.9 Å². The molecule has 2 aromatic heterocycles. The molecule has 0 aliphatic carbocycles. The van der Waals surface area contributed by atoms with Gasteiger partial charge in [-0.2, -0.15) is 0 Å². The Balaban J connectivity index is 1.67. The first kappa shape index (κ1) is 17.4. The van der Waals surface area contributed by atoms with Gasteiger partial charge in [-0.1, -0.05) is 59.9 Å². The van der Waals surface area contributed by atoms with Crippen LogP contribution in [0.15, 0.2) is 60.7 Å². The van der Waals surface area contributed by atoms with Gasteiger partial charge in [-0.25, -0.2) is 0 Å². The molecule has 0 radical (unpaired) electrons. The second kappa shape index (κ2) is 7.69. The number of nitrogens with one attached hydrogen (secondary N) is 1. The van der Waals surface area contributed by atoms with Gasteiger partial charge in [0.2, 0.25) is 5.13 Å². The molecule has 27 heavy (non-hydrogen) atoms. The summed E-state index contributed by atoms with van der Waals surface area (Å²) in [6.07, 6.45) is 0. The number of fused-ring (bicyclic) bond motifs is 1. The predicted octanol–water partition coefficient (Wildman–Crippen LogP) is 3.94. The minimum Gasteiger partial charge on any atom is -0.377 e. The molecule has 6 nitrogen and oxygen atoms in total. The van der Waals surface area contributed by atoms with Crippen molar-refractivity contribution in [3.05, 3.63) is 76.9 Å². The van der Waals surface area contributed by atoms with E-state index < -0.39 is 0 Å². The van der Waals surface area contributed by atoms with Crippen LogP contribution < -0.4 is 5.32 Å². The Kier molecular flexibility index (Phi) is 4.95. The van der Waals surface area contributed by atoms with E-state index in [1.165, 1.54) is 11.3 Å². The Morgan fingerprint density at radius 1 is 1.11 bits per heavy atom. The number of amides is 1. The van der Waals surface area contributed by atoms with Gasteiger partial charge in [-0.15, -0.1) is 10.2 Å². The minimum atomic E-state index is -0.206. The Morgan fingerprint density at radius 2 is 1.89 bits per heavy atom. The molecular formula is C20H18N4O2S. The van der Waals surface area contributed by atoms with E-state index in [1.54, 1.807) is 7.11 Å². The van der Waals surface area contributed by atoms with E-state index in [1.807, 2.05) is 53.1 Å². The molecule has 1 amide bonds. The topological polar surface area (TPSA) is 69.0 Å². The van der Waals surface area contributed by atoms with Crippen molar-refractivity contribution in [2.45, 2.75) is 13.2 Å². The number of rotatable bonds is 6. The van der Waals surface area contributed by atoms with E-state index in [2.05, 4.69) is 27.6 Å². The smallest absolute Gasteiger partial charge is 0.274 e. The molecular weight excluding hydrogens is 360 g/mol. The zero-order valence-corrected chi connectivity index (χ0v) is 15.6. The minimum absolute atomic E-state index is 0.206. The highest BCUT2D eigenvalue weighted by Gasteiger charge is 2.17. The maximum Gasteiger partial charge on any atom is 0.274 e. The largest absolute Gasteiger partial charge is 0.377 e. The van der Waals surface area contributed by atoms with Gasteiger partial charge in [-0.05, 0) is 17.7 Å². The van der Waals surface area contributed by atoms with Crippen LogP contribution in [-0.4, -0.2) is 27.8 Å². The van der Waals surface area contributed by atoms with E-state index >= 15 is 0 Å². The molecule has 0 atom stereocenters. The normalized spacial score (nSPS) is 11.0. The van der Waals surface area contributed by atoms with E-state index in [-0.39, 0.29) is 5.91 Å². The molecule has 0 unspecified atom stereocenters. The highest BCUT2D eigenvalue weighted by Crippen LogP contribution is 2.23. The monoisotopic (exact) mass is 378 g/mol. The van der Waals surface area contributed by atoms with Crippen molar-refractivity contribution in [2.75, 3.05) is 12.4 Å². The summed E-state index contributed by atoms with van der Waals surface area (Å²) in [5.74, 6) is -0.206. The van der Waals surface area contributed by atoms with Crippen molar-refractivity contribution in [2.24, 2.45) is 0 Å². The van der Waals surface area contributed by atoms with E-state index in [9.17, 15) is 4.79 Å². The summed E-state index contributed by atoms with van der Waals surface area (Å²) in [5, 5.41) is 13.1. The first-order chi connectivity index (χ1) is 13.2. The molecule has 0 aliphatic heterocycles. The highest BCUT2D eigenvalue weighted by atomic mass is 32.1. The second-order valence-corrected chi connectivity index (χ2v) is 7.11. The number of benzene rings is 2. The number of para-hydroxylation sites is 1. The molecule has 2 heterocycles. The van der Waals surface area contributed by atoms with Gasteiger partial charge in [-0.3, -0.25) is 10.1 Å². The van der Waals surface area contributed by atoms with Crippen molar-refractivity contribution in [3.63, 3.8) is 0 Å². The van der Waals surface area contributed by atoms with Crippen LogP contribution in [0.4, 0.5) is 5.13 Å². The highest BCUT2D eigenvalue weighted by molar-refractivity contribution is 7.15. The summed E-state index contributed by atoms with van der Waals surface area (Å²) in [5.41, 5.74) is 2.73. The van der Waals surface area contributed by atoms with Crippen molar-refractivity contribution < 1.29 is 9.53 Å². The number of nitrogens with zero attached hydrogens (tertiary/aromatic N) is 3. The Hall–Kier alpha value is -3.03. The molecule has 0 aliphatic rings. The van der Waals surface area contributed by atoms with Crippen LogP contribution in [0.2, 0.25) is 0 Å². The maximum absolute atomic E-state index is 12.9. The molecule has 7 heteroatoms. The standard InChI is InChI=1S/C20H18N4O2S/c1-26-13-18-22-23-20(27-18)21-19(25)17-11-15-9-5-6-10-16(15)24(17)12-14-7-3-2-4-8-14/h2-11H,12-13H2,1H3,(H,21,23,25). The van der Waals surface area contributed by atoms with Gasteiger partial charge in [0.1, 0.15) is 17.3 Å². The molecule has 4 aromatic rings. The lowest BCUT2D eigenvalue weighted by atomic mass is 10.2. The molecule has 4 rings (SSSR count). The summed E-state index contributed by atoms with van der Waals surface area (Å²) in [6.45, 7) is 0.990. The van der Waals surface area contributed by atoms with Gasteiger partial charge < -0.3 is 9.30 Å². The first-order valence-corrected chi connectivity index (χ1v) is 9.31. The summed E-state index contributed by atoms with van der Waals surface area (Å²) < 4.78 is 7.07. The number of anilines is 1. The average molecular weight is 378 g/mol. The quantitative estimate of drug-likeness (QED) is 0.552. The van der Waals surface area contributed by atoms with Crippen LogP contribution in [0.5, 0.6) is 0 Å². The number of methoxy groups -OCH3 is 1. The predicted molar refractivity (Wildman–Crippen MR) is 106 cm³/mol. The third-order valence-electron chi connectivity index (χ3n) is 4.18. The molecule has 0 fully saturated rings. The van der Waals surface area contributed by atoms with Crippen LogP contribution in [0, 0.1) is 0 Å². The van der Waals surface area contributed by atoms with Crippen molar-refractivity contribution in [1.82, 2.24) is 14.8 Å². The molecule has 1 N–H and O–H groups in total. The Labute approximate surface area is 160 Å². The van der Waals surface area contributed by atoms with Crippen LogP contribution in [0.3, 0.4) is 0 Å². The number of carbonyl (C=O) groups excluding carboxylic acids is 1. The van der Waals surface area contributed by atoms with E-state index in [0.29, 0.717) is 24.0 Å². The van der Waals surface area contributed by atoms with Crippen molar-refractivity contribution >= 4 is 33.3 Å². The fourth-order valence-corrected chi connectivity index (χ4v) is 3.69. The lowest BCUT2D eigenvalue weighted by Crippen LogP contribution is -2.17. The fourth-order valence-electron chi connectivity index (χ4n) is 2.98. The lowest BCUT2D eigenvalue weighted by molar-refractivity contribution is 0.101. The van der Waals surface area contributed by atoms with Gasteiger partial charge in [0.05, 0.1) is 0 Å². The van der Waals surface area contributed by atoms with Crippen LogP contribution >= 0.6 is 11.3 Å². The van der Waals surface area contributed by atoms with Gasteiger partial charge in [0, 0.05) is 24.6 Å². The van der Waals surface area contributed by atoms with Gasteiger partial charge in [0.15, 0.2) is 0 Å². The maximum atomic E-state index is 12.9. The van der Waals surface area contributed by atoms with Crippen molar-refractivity contribution in [3.8, 4) is 0 Å². The molecule has 2 aromatic carbocycles. The number of aromatic nitrogens is 3. The van der Waals surface area contributed by atoms with Crippen LogP contribution in [0.1, 0.15) is 21.1 Å². The Morgan fingerprint density at radius 3 is 2.70 bits per heavy atom. The molecule has 0 spiro atoms. The molecule has 0 saturated carbocycles. The summed E-state index contributed by atoms with van der Waals surface area (Å²) in [7, 11) is 1.60.